The lowest BCUT2D eigenvalue weighted by molar-refractivity contribution is -0.384. The number of aromatic amines is 1. The Morgan fingerprint density at radius 1 is 0.703 bits per heavy atom. The average Bonchev–Trinajstić information content (AvgIpc) is 4.12. The quantitative estimate of drug-likeness (QED) is 0.0638. The van der Waals surface area contributed by atoms with Crippen LogP contribution in [0.25, 0.3) is 22.1 Å². The van der Waals surface area contributed by atoms with Gasteiger partial charge in [-0.05, 0) is 106 Å². The van der Waals surface area contributed by atoms with E-state index < -0.39 is 39.5 Å². The lowest BCUT2D eigenvalue weighted by Gasteiger charge is -2.21. The fourth-order valence-corrected chi connectivity index (χ4v) is 15.2. The van der Waals surface area contributed by atoms with Crippen molar-refractivity contribution < 1.29 is 35.1 Å². The molecule has 4 aliphatic rings. The maximum absolute atomic E-state index is 13.3. The van der Waals surface area contributed by atoms with Crippen molar-refractivity contribution in [2.75, 3.05) is 22.1 Å². The van der Waals surface area contributed by atoms with Crippen LogP contribution in [0.4, 0.5) is 22.7 Å². The van der Waals surface area contributed by atoms with Gasteiger partial charge < -0.3 is 15.6 Å². The van der Waals surface area contributed by atoms with Crippen LogP contribution < -0.4 is 10.6 Å². The van der Waals surface area contributed by atoms with E-state index in [1.54, 1.807) is 24.4 Å². The Morgan fingerprint density at radius 2 is 1.20 bits per heavy atom. The molecule has 4 saturated carbocycles. The standard InChI is InChI=1S/C25H30N4O6S2.C18H24N4O4S/c1-3-18-12-17(15-36(32,33)19-8-9-19)13-22(18)27-24-21-10-11-28(25(21)26-14-23(24)29(30)31)37(34,35)20-6-4-16(2)5-7-20;1-2-12-7-11(10-27(25,26)13-3-4-13)8-15(12)21-17-14-5-6-19-18(14)20-9-16(17)22(23)24/h4-7,10-11,14,17-19,22H,3,8-9,12-13,15H2,1-2H3,(H,26,27);5-6,9,11-13,15H,2-4,7-8,10H2,1H3,(H2,19,20,21)/t17?,18-,22+;11?,12-,15+/m11/s1. The van der Waals surface area contributed by atoms with Crippen molar-refractivity contribution >= 4 is 74.5 Å². The Morgan fingerprint density at radius 3 is 1.69 bits per heavy atom. The van der Waals surface area contributed by atoms with E-state index in [2.05, 4.69) is 32.5 Å². The van der Waals surface area contributed by atoms with E-state index in [1.807, 2.05) is 13.8 Å². The number of pyridine rings is 2. The van der Waals surface area contributed by atoms with E-state index in [-0.39, 0.29) is 79.4 Å². The first-order valence-electron chi connectivity index (χ1n) is 21.9. The second-order valence-electron chi connectivity index (χ2n) is 18.0. The van der Waals surface area contributed by atoms with Gasteiger partial charge in [0.2, 0.25) is 0 Å². The van der Waals surface area contributed by atoms with E-state index in [9.17, 15) is 45.5 Å². The summed E-state index contributed by atoms with van der Waals surface area (Å²) in [5.74, 6) is 0.916. The molecule has 0 bridgehead atoms. The van der Waals surface area contributed by atoms with Gasteiger partial charge >= 0.3 is 11.4 Å². The Labute approximate surface area is 372 Å². The monoisotopic (exact) mass is 938 g/mol. The van der Waals surface area contributed by atoms with Crippen molar-refractivity contribution in [1.29, 1.82) is 0 Å². The highest BCUT2D eigenvalue weighted by molar-refractivity contribution is 7.92. The van der Waals surface area contributed by atoms with Gasteiger partial charge in [0.25, 0.3) is 10.0 Å². The number of aryl methyl sites for hydroxylation is 1. The first kappa shape index (κ1) is 45.4. The molecule has 3 N–H and O–H groups in total. The molecule has 0 aliphatic heterocycles. The minimum Gasteiger partial charge on any atom is -0.376 e. The van der Waals surface area contributed by atoms with Gasteiger partial charge in [-0.3, -0.25) is 20.2 Å². The average molecular weight is 939 g/mol. The van der Waals surface area contributed by atoms with E-state index >= 15 is 0 Å². The molecule has 4 aliphatic carbocycles. The Balaban J connectivity index is 0.000000184. The first-order chi connectivity index (χ1) is 30.4. The molecule has 0 saturated heterocycles. The van der Waals surface area contributed by atoms with Crippen LogP contribution in [0, 0.1) is 50.8 Å². The summed E-state index contributed by atoms with van der Waals surface area (Å²) in [5, 5.41) is 30.8. The molecule has 9 rings (SSSR count). The largest absolute Gasteiger partial charge is 0.376 e. The molecule has 18 nitrogen and oxygen atoms in total. The third-order valence-electron chi connectivity index (χ3n) is 13.5. The summed E-state index contributed by atoms with van der Waals surface area (Å²) < 4.78 is 77.6. The van der Waals surface area contributed by atoms with Gasteiger partial charge in [0.1, 0.15) is 29.4 Å². The zero-order valence-electron chi connectivity index (χ0n) is 35.9. The van der Waals surface area contributed by atoms with Gasteiger partial charge in [0.15, 0.2) is 25.3 Å². The van der Waals surface area contributed by atoms with E-state index in [1.165, 1.54) is 30.6 Å². The molecule has 5 aromatic rings. The van der Waals surface area contributed by atoms with Crippen LogP contribution in [-0.2, 0) is 29.7 Å². The predicted molar refractivity (Wildman–Crippen MR) is 244 cm³/mol. The first-order valence-corrected chi connectivity index (χ1v) is 26.8. The number of hydrogen-bond donors (Lipinski definition) is 3. The number of H-pyrrole nitrogens is 1. The maximum Gasteiger partial charge on any atom is 0.311 e. The molecule has 6 atom stereocenters. The molecule has 2 unspecified atom stereocenters. The number of nitro groups is 2. The number of anilines is 2. The fraction of sp³-hybridized carbons (Fsp3) is 0.535. The molecule has 21 heteroatoms. The second kappa shape index (κ2) is 17.7. The summed E-state index contributed by atoms with van der Waals surface area (Å²) in [6.45, 7) is 5.97. The molecule has 0 amide bonds. The number of nitrogens with zero attached hydrogens (tertiary/aromatic N) is 5. The van der Waals surface area contributed by atoms with Crippen LogP contribution in [0.1, 0.15) is 83.6 Å². The van der Waals surface area contributed by atoms with Crippen LogP contribution in [0.15, 0.2) is 66.1 Å². The van der Waals surface area contributed by atoms with Crippen molar-refractivity contribution in [3.8, 4) is 0 Å². The highest BCUT2D eigenvalue weighted by Crippen LogP contribution is 2.43. The lowest BCUT2D eigenvalue weighted by atomic mass is 10.00. The zero-order valence-corrected chi connectivity index (χ0v) is 38.4. The van der Waals surface area contributed by atoms with E-state index in [0.717, 1.165) is 73.5 Å². The van der Waals surface area contributed by atoms with Gasteiger partial charge in [-0.1, -0.05) is 44.4 Å². The number of rotatable bonds is 16. The summed E-state index contributed by atoms with van der Waals surface area (Å²) in [5.41, 5.74) is 1.99. The highest BCUT2D eigenvalue weighted by Gasteiger charge is 2.43. The normalized spacial score (nSPS) is 23.8. The third-order valence-corrected chi connectivity index (χ3v) is 20.0. The fourth-order valence-electron chi connectivity index (χ4n) is 9.81. The molecule has 1 aromatic carbocycles. The van der Waals surface area contributed by atoms with Gasteiger partial charge in [-0.2, -0.15) is 0 Å². The summed E-state index contributed by atoms with van der Waals surface area (Å²) in [4.78, 5) is 33.8. The van der Waals surface area contributed by atoms with Crippen LogP contribution in [0.3, 0.4) is 0 Å². The molecule has 64 heavy (non-hydrogen) atoms. The maximum atomic E-state index is 13.3. The summed E-state index contributed by atoms with van der Waals surface area (Å²) in [6.07, 6.45) is 13.0. The summed E-state index contributed by atoms with van der Waals surface area (Å²) in [7, 11) is -10.1. The molecule has 344 valence electrons. The van der Waals surface area contributed by atoms with Crippen molar-refractivity contribution in [1.82, 2.24) is 18.9 Å². The SMILES string of the molecule is CC[C@@H]1CC(CS(=O)(=O)C2CC2)C[C@@H]1Nc1c([N+](=O)[O-])cnc2[nH]ccc12.CC[C@@H]1CC(CS(=O)(=O)C2CC2)C[C@@H]1Nc1c([N+](=O)[O-])cnc2c1ccn2S(=O)(=O)c1ccc(C)cc1. The van der Waals surface area contributed by atoms with Crippen LogP contribution in [0.5, 0.6) is 0 Å². The van der Waals surface area contributed by atoms with Crippen molar-refractivity contribution in [3.05, 3.63) is 87.0 Å². The molecule has 4 heterocycles. The zero-order chi connectivity index (χ0) is 45.7. The second-order valence-corrected chi connectivity index (χ2v) is 24.5. The Bertz CT molecular complexity index is 2910. The van der Waals surface area contributed by atoms with E-state index in [0.29, 0.717) is 34.4 Å². The van der Waals surface area contributed by atoms with Crippen molar-refractivity contribution in [2.45, 2.75) is 112 Å². The topological polar surface area (TPSA) is 259 Å². The lowest BCUT2D eigenvalue weighted by Crippen LogP contribution is -2.25. The number of sulfone groups is 2. The van der Waals surface area contributed by atoms with Crippen molar-refractivity contribution in [2.24, 2.45) is 23.7 Å². The van der Waals surface area contributed by atoms with E-state index in [4.69, 9.17) is 0 Å². The molecule has 4 fully saturated rings. The number of nitrogens with one attached hydrogen (secondary N) is 3. The molecule has 0 radical (unpaired) electrons. The number of fused-ring (bicyclic) bond motifs is 2. The minimum absolute atomic E-state index is 0.0176. The van der Waals surface area contributed by atoms with Crippen LogP contribution in [0.2, 0.25) is 0 Å². The molecule has 4 aromatic heterocycles. The third kappa shape index (κ3) is 9.33. The molecule has 0 spiro atoms. The molecular weight excluding hydrogens is 885 g/mol. The van der Waals surface area contributed by atoms with Gasteiger partial charge in [-0.25, -0.2) is 39.2 Å². The summed E-state index contributed by atoms with van der Waals surface area (Å²) in [6, 6.07) is 9.59. The minimum atomic E-state index is -3.97. The number of aromatic nitrogens is 4. The Kier molecular flexibility index (Phi) is 12.5. The van der Waals surface area contributed by atoms with Gasteiger partial charge in [0, 0.05) is 29.9 Å². The Hall–Kier alpha value is -5.15. The summed E-state index contributed by atoms with van der Waals surface area (Å²) >= 11 is 0. The van der Waals surface area contributed by atoms with Crippen molar-refractivity contribution in [3.63, 3.8) is 0 Å². The van der Waals surface area contributed by atoms with Crippen LogP contribution >= 0.6 is 0 Å². The van der Waals surface area contributed by atoms with Crippen LogP contribution in [-0.4, -0.2) is 88.1 Å². The smallest absolute Gasteiger partial charge is 0.311 e. The van der Waals surface area contributed by atoms with Gasteiger partial charge in [0.05, 0.1) is 42.1 Å². The predicted octanol–water partition coefficient (Wildman–Crippen LogP) is 7.55. The number of benzene rings is 1. The van der Waals surface area contributed by atoms with Gasteiger partial charge in [-0.15, -0.1) is 0 Å². The number of hydrogen-bond acceptors (Lipinski definition) is 14. The highest BCUT2D eigenvalue weighted by atomic mass is 32.2. The molecular formula is C43H54N8O10S3.